The van der Waals surface area contributed by atoms with E-state index in [0.717, 1.165) is 5.56 Å². The number of fused-ring (bicyclic) bond motifs is 1. The number of benzene rings is 3. The fraction of sp³-hybridized carbons (Fsp3) is 0.120. The highest BCUT2D eigenvalue weighted by Crippen LogP contribution is 2.43. The molecule has 1 heterocycles. The van der Waals surface area contributed by atoms with Crippen molar-refractivity contribution in [2.45, 2.75) is 12.8 Å². The molecular formula is C25H19FN2O4. The second-order valence-corrected chi connectivity index (χ2v) is 7.26. The van der Waals surface area contributed by atoms with Crippen LogP contribution in [-0.2, 0) is 4.79 Å². The van der Waals surface area contributed by atoms with E-state index < -0.39 is 17.7 Å². The zero-order valence-corrected chi connectivity index (χ0v) is 17.2. The lowest BCUT2D eigenvalue weighted by Crippen LogP contribution is -2.21. The van der Waals surface area contributed by atoms with Crippen LogP contribution in [0.15, 0.2) is 78.2 Å². The third-order valence-electron chi connectivity index (χ3n) is 4.98. The van der Waals surface area contributed by atoms with Crippen molar-refractivity contribution in [2.75, 3.05) is 6.61 Å². The van der Waals surface area contributed by atoms with Gasteiger partial charge in [-0.05, 0) is 42.8 Å². The largest absolute Gasteiger partial charge is 0.482 e. The normalized spacial score (nSPS) is 14.7. The van der Waals surface area contributed by atoms with Gasteiger partial charge in [-0.3, -0.25) is 0 Å². The minimum Gasteiger partial charge on any atom is -0.482 e. The lowest BCUT2D eigenvalue weighted by Gasteiger charge is -2.26. The Morgan fingerprint density at radius 3 is 2.59 bits per heavy atom. The molecule has 6 nitrogen and oxygen atoms in total. The molecule has 0 aromatic heterocycles. The summed E-state index contributed by atoms with van der Waals surface area (Å²) < 4.78 is 30.2. The smallest absolute Gasteiger partial charge is 0.349 e. The van der Waals surface area contributed by atoms with Crippen LogP contribution in [0, 0.1) is 24.1 Å². The number of esters is 1. The molecule has 3 aromatic carbocycles. The second-order valence-electron chi connectivity index (χ2n) is 7.26. The van der Waals surface area contributed by atoms with E-state index in [-0.39, 0.29) is 23.8 Å². The van der Waals surface area contributed by atoms with E-state index in [1.165, 1.54) is 18.2 Å². The molecule has 3 aromatic rings. The van der Waals surface area contributed by atoms with Gasteiger partial charge in [-0.2, -0.15) is 5.26 Å². The number of carbonyl (C=O) groups excluding carboxylic acids is 1. The zero-order valence-electron chi connectivity index (χ0n) is 17.2. The van der Waals surface area contributed by atoms with Gasteiger partial charge in [0, 0.05) is 11.6 Å². The van der Waals surface area contributed by atoms with Crippen LogP contribution in [-0.4, -0.2) is 12.6 Å². The van der Waals surface area contributed by atoms with Crippen LogP contribution >= 0.6 is 0 Å². The molecule has 0 radical (unpaired) electrons. The van der Waals surface area contributed by atoms with Crippen molar-refractivity contribution in [2.24, 2.45) is 5.73 Å². The van der Waals surface area contributed by atoms with Gasteiger partial charge >= 0.3 is 5.97 Å². The average molecular weight is 430 g/mol. The number of ether oxygens (including phenoxy) is 3. The monoisotopic (exact) mass is 430 g/mol. The first-order chi connectivity index (χ1) is 15.4. The van der Waals surface area contributed by atoms with Crippen molar-refractivity contribution in [1.29, 1.82) is 5.26 Å². The molecule has 4 rings (SSSR count). The fourth-order valence-corrected chi connectivity index (χ4v) is 3.47. The van der Waals surface area contributed by atoms with Gasteiger partial charge in [0.15, 0.2) is 6.61 Å². The first kappa shape index (κ1) is 20.9. The van der Waals surface area contributed by atoms with Crippen LogP contribution in [0.3, 0.4) is 0 Å². The molecular weight excluding hydrogens is 411 g/mol. The Kier molecular flexibility index (Phi) is 5.77. The highest BCUT2D eigenvalue weighted by molar-refractivity contribution is 5.74. The van der Waals surface area contributed by atoms with Crippen LogP contribution < -0.4 is 19.9 Å². The van der Waals surface area contributed by atoms with E-state index in [1.807, 2.05) is 19.1 Å². The summed E-state index contributed by atoms with van der Waals surface area (Å²) in [4.78, 5) is 12.2. The molecule has 160 valence electrons. The molecule has 1 aliphatic heterocycles. The van der Waals surface area contributed by atoms with Crippen molar-refractivity contribution < 1.29 is 23.4 Å². The number of rotatable bonds is 5. The molecule has 0 spiro atoms. The van der Waals surface area contributed by atoms with Gasteiger partial charge < -0.3 is 19.9 Å². The minimum atomic E-state index is -0.603. The third-order valence-corrected chi connectivity index (χ3v) is 4.98. The van der Waals surface area contributed by atoms with E-state index in [2.05, 4.69) is 6.07 Å². The fourth-order valence-electron chi connectivity index (χ4n) is 3.47. The highest BCUT2D eigenvalue weighted by atomic mass is 19.1. The maximum absolute atomic E-state index is 13.8. The predicted molar refractivity (Wildman–Crippen MR) is 114 cm³/mol. The molecule has 2 N–H and O–H groups in total. The number of hydrogen-bond acceptors (Lipinski definition) is 6. The number of nitrogens with two attached hydrogens (primary N) is 1. The van der Waals surface area contributed by atoms with E-state index in [0.29, 0.717) is 22.6 Å². The molecule has 7 heteroatoms. The number of allylic oxidation sites excluding steroid dienone is 1. The summed E-state index contributed by atoms with van der Waals surface area (Å²) in [6, 6.07) is 20.0. The van der Waals surface area contributed by atoms with Crippen molar-refractivity contribution in [3.8, 4) is 23.3 Å². The van der Waals surface area contributed by atoms with Gasteiger partial charge in [0.1, 0.15) is 34.7 Å². The van der Waals surface area contributed by atoms with E-state index >= 15 is 0 Å². The van der Waals surface area contributed by atoms with Gasteiger partial charge in [0.2, 0.25) is 5.88 Å². The Hall–Kier alpha value is -4.31. The molecule has 0 amide bonds. The first-order valence-electron chi connectivity index (χ1n) is 9.82. The summed E-state index contributed by atoms with van der Waals surface area (Å²) in [6.45, 7) is 1.68. The number of halogens is 1. The molecule has 1 aliphatic rings. The summed E-state index contributed by atoms with van der Waals surface area (Å²) in [5.74, 6) is -0.599. The van der Waals surface area contributed by atoms with Crippen LogP contribution in [0.1, 0.15) is 22.6 Å². The van der Waals surface area contributed by atoms with Gasteiger partial charge in [-0.25, -0.2) is 9.18 Å². The molecule has 32 heavy (non-hydrogen) atoms. The Morgan fingerprint density at radius 2 is 1.88 bits per heavy atom. The van der Waals surface area contributed by atoms with Crippen LogP contribution in [0.2, 0.25) is 0 Å². The number of hydrogen-bond donors (Lipinski definition) is 1. The summed E-state index contributed by atoms with van der Waals surface area (Å²) >= 11 is 0. The number of nitriles is 1. The van der Waals surface area contributed by atoms with Crippen molar-refractivity contribution in [3.05, 3.63) is 101 Å². The second kappa shape index (κ2) is 8.82. The Bertz CT molecular complexity index is 1250. The Balaban J connectivity index is 1.54. The first-order valence-corrected chi connectivity index (χ1v) is 9.82. The minimum absolute atomic E-state index is 0.0829. The number of nitrogens with zero attached hydrogens (tertiary/aromatic N) is 1. The third kappa shape index (κ3) is 4.40. The maximum Gasteiger partial charge on any atom is 0.349 e. The lowest BCUT2D eigenvalue weighted by atomic mass is 9.83. The van der Waals surface area contributed by atoms with Crippen LogP contribution in [0.25, 0.3) is 0 Å². The van der Waals surface area contributed by atoms with E-state index in [9.17, 15) is 14.4 Å². The summed E-state index contributed by atoms with van der Waals surface area (Å²) in [5.41, 5.74) is 8.39. The van der Waals surface area contributed by atoms with Gasteiger partial charge in [0.25, 0.3) is 0 Å². The highest BCUT2D eigenvalue weighted by Gasteiger charge is 2.31. The summed E-state index contributed by atoms with van der Waals surface area (Å²) in [7, 11) is 0. The van der Waals surface area contributed by atoms with E-state index in [4.69, 9.17) is 19.9 Å². The predicted octanol–water partition coefficient (Wildman–Crippen LogP) is 4.34. The molecule has 1 atom stereocenters. The van der Waals surface area contributed by atoms with Crippen molar-refractivity contribution >= 4 is 5.97 Å². The molecule has 0 saturated carbocycles. The topological polar surface area (TPSA) is 94.6 Å². The molecule has 0 aliphatic carbocycles. The quantitative estimate of drug-likeness (QED) is 0.478. The van der Waals surface area contributed by atoms with Gasteiger partial charge in [-0.15, -0.1) is 0 Å². The average Bonchev–Trinajstić information content (AvgIpc) is 2.77. The summed E-state index contributed by atoms with van der Waals surface area (Å²) in [6.07, 6.45) is 0. The Morgan fingerprint density at radius 1 is 1.12 bits per heavy atom. The van der Waals surface area contributed by atoms with Crippen LogP contribution in [0.4, 0.5) is 4.39 Å². The molecule has 0 saturated heterocycles. The maximum atomic E-state index is 13.8. The van der Waals surface area contributed by atoms with Crippen LogP contribution in [0.5, 0.6) is 17.2 Å². The van der Waals surface area contributed by atoms with Gasteiger partial charge in [0.05, 0.1) is 5.92 Å². The van der Waals surface area contributed by atoms with E-state index in [1.54, 1.807) is 36.4 Å². The Labute approximate surface area is 184 Å². The molecule has 0 fully saturated rings. The molecule has 0 bridgehead atoms. The molecule has 1 unspecified atom stereocenters. The SMILES string of the molecule is Cc1ccc(OCC(=O)Oc2ccc3c(c2)OC(N)=C(C#N)C3c2cccc(F)c2)cc1. The van der Waals surface area contributed by atoms with Crippen molar-refractivity contribution in [3.63, 3.8) is 0 Å². The van der Waals surface area contributed by atoms with Gasteiger partial charge in [-0.1, -0.05) is 35.9 Å². The number of aryl methyl sites for hydroxylation is 1. The zero-order chi connectivity index (χ0) is 22.7. The lowest BCUT2D eigenvalue weighted by molar-refractivity contribution is -0.136. The standard InChI is InChI=1S/C25H19FN2O4/c1-15-5-7-18(8-6-15)30-14-23(29)31-19-9-10-20-22(12-19)32-25(28)21(13-27)24(20)16-3-2-4-17(26)11-16/h2-12,24H,14,28H2,1H3. The summed E-state index contributed by atoms with van der Waals surface area (Å²) in [5, 5.41) is 9.58. The number of carbonyl (C=O) groups is 1. The van der Waals surface area contributed by atoms with Crippen molar-refractivity contribution in [1.82, 2.24) is 0 Å².